The van der Waals surface area contributed by atoms with E-state index in [1.54, 1.807) is 41.5 Å². The third kappa shape index (κ3) is 5.64. The largest absolute Gasteiger partial charge is 0.343 e. The molecule has 0 fully saturated rings. The summed E-state index contributed by atoms with van der Waals surface area (Å²) in [6, 6.07) is 16.7. The summed E-state index contributed by atoms with van der Waals surface area (Å²) in [6.07, 6.45) is 4.69. The van der Waals surface area contributed by atoms with Gasteiger partial charge in [-0.25, -0.2) is 14.6 Å². The Hall–Kier alpha value is -3.98. The lowest BCUT2D eigenvalue weighted by molar-refractivity contribution is -0.115. The molecule has 0 radical (unpaired) electrons. The van der Waals surface area contributed by atoms with Gasteiger partial charge in [-0.3, -0.25) is 9.59 Å². The molecule has 0 aliphatic carbocycles. The zero-order chi connectivity index (χ0) is 23.2. The Labute approximate surface area is 195 Å². The van der Waals surface area contributed by atoms with Gasteiger partial charge >= 0.3 is 0 Å². The van der Waals surface area contributed by atoms with Gasteiger partial charge in [0.15, 0.2) is 0 Å². The van der Waals surface area contributed by atoms with Gasteiger partial charge in [-0.05, 0) is 61.9 Å². The first-order chi connectivity index (χ1) is 16.0. The van der Waals surface area contributed by atoms with Crippen molar-refractivity contribution in [3.63, 3.8) is 0 Å². The van der Waals surface area contributed by atoms with Crippen LogP contribution in [0.5, 0.6) is 0 Å². The van der Waals surface area contributed by atoms with Crippen molar-refractivity contribution in [2.75, 3.05) is 11.9 Å². The summed E-state index contributed by atoms with van der Waals surface area (Å²) >= 11 is 1.43. The van der Waals surface area contributed by atoms with Crippen LogP contribution in [0.25, 0.3) is 5.69 Å². The van der Waals surface area contributed by atoms with Crippen LogP contribution in [-0.2, 0) is 4.79 Å². The van der Waals surface area contributed by atoms with Crippen LogP contribution in [0, 0.1) is 13.8 Å². The van der Waals surface area contributed by atoms with Crippen LogP contribution < -0.4 is 10.6 Å². The van der Waals surface area contributed by atoms with Crippen LogP contribution in [0.3, 0.4) is 0 Å². The van der Waals surface area contributed by atoms with Gasteiger partial charge in [0.25, 0.3) is 5.91 Å². The lowest BCUT2D eigenvalue weighted by Gasteiger charge is -2.11. The Morgan fingerprint density at radius 2 is 1.88 bits per heavy atom. The molecule has 0 bridgehead atoms. The van der Waals surface area contributed by atoms with Gasteiger partial charge in [0, 0.05) is 16.8 Å². The lowest BCUT2D eigenvalue weighted by atomic mass is 10.2. The highest BCUT2D eigenvalue weighted by atomic mass is 32.2. The molecule has 33 heavy (non-hydrogen) atoms. The number of aryl methyl sites for hydroxylation is 2. The fourth-order valence-corrected chi connectivity index (χ4v) is 4.11. The SMILES string of the molecule is Cc1ccc(Sc2ncccc2C(=O)NCC(=O)Nc2ccc(-n3cncn3)cc2)c(C)c1. The second-order valence-electron chi connectivity index (χ2n) is 7.34. The van der Waals surface area contributed by atoms with Crippen LogP contribution in [-0.4, -0.2) is 38.1 Å². The van der Waals surface area contributed by atoms with Crippen molar-refractivity contribution in [1.82, 2.24) is 25.1 Å². The predicted molar refractivity (Wildman–Crippen MR) is 127 cm³/mol. The van der Waals surface area contributed by atoms with E-state index in [4.69, 9.17) is 0 Å². The van der Waals surface area contributed by atoms with Gasteiger partial charge in [-0.2, -0.15) is 5.10 Å². The Morgan fingerprint density at radius 3 is 2.61 bits per heavy atom. The van der Waals surface area contributed by atoms with E-state index in [0.29, 0.717) is 16.3 Å². The second-order valence-corrected chi connectivity index (χ2v) is 8.38. The molecule has 2 heterocycles. The van der Waals surface area contributed by atoms with Crippen molar-refractivity contribution in [2.45, 2.75) is 23.8 Å². The third-order valence-electron chi connectivity index (χ3n) is 4.80. The fourth-order valence-electron chi connectivity index (χ4n) is 3.16. The normalized spacial score (nSPS) is 10.6. The van der Waals surface area contributed by atoms with E-state index < -0.39 is 0 Å². The molecule has 9 heteroatoms. The maximum absolute atomic E-state index is 12.8. The molecule has 2 amide bonds. The minimum atomic E-state index is -0.355. The smallest absolute Gasteiger partial charge is 0.254 e. The molecule has 0 unspecified atom stereocenters. The van der Waals surface area contributed by atoms with Crippen molar-refractivity contribution < 1.29 is 9.59 Å². The molecule has 0 aliphatic heterocycles. The lowest BCUT2D eigenvalue weighted by Crippen LogP contribution is -2.33. The quantitative estimate of drug-likeness (QED) is 0.437. The van der Waals surface area contributed by atoms with Crippen LogP contribution in [0.4, 0.5) is 5.69 Å². The molecule has 2 aromatic carbocycles. The highest BCUT2D eigenvalue weighted by molar-refractivity contribution is 7.99. The number of nitrogens with one attached hydrogen (secondary N) is 2. The fraction of sp³-hybridized carbons (Fsp3) is 0.125. The van der Waals surface area contributed by atoms with Gasteiger partial charge < -0.3 is 10.6 Å². The number of carbonyl (C=O) groups is 2. The van der Waals surface area contributed by atoms with Crippen LogP contribution >= 0.6 is 11.8 Å². The minimum Gasteiger partial charge on any atom is -0.343 e. The second kappa shape index (κ2) is 10.1. The van der Waals surface area contributed by atoms with E-state index in [1.807, 2.05) is 38.1 Å². The summed E-state index contributed by atoms with van der Waals surface area (Å²) in [4.78, 5) is 34.4. The van der Waals surface area contributed by atoms with Crippen molar-refractivity contribution in [3.05, 3.63) is 90.1 Å². The summed E-state index contributed by atoms with van der Waals surface area (Å²) < 4.78 is 1.62. The van der Waals surface area contributed by atoms with E-state index in [9.17, 15) is 9.59 Å². The number of nitrogens with zero attached hydrogens (tertiary/aromatic N) is 4. The van der Waals surface area contributed by atoms with Gasteiger partial charge in [0.2, 0.25) is 5.91 Å². The average Bonchev–Trinajstić information content (AvgIpc) is 3.35. The number of amides is 2. The molecule has 0 atom stereocenters. The molecular weight excluding hydrogens is 436 g/mol. The summed E-state index contributed by atoms with van der Waals surface area (Å²) in [5.74, 6) is -0.684. The van der Waals surface area contributed by atoms with E-state index in [2.05, 4.69) is 31.8 Å². The summed E-state index contributed by atoms with van der Waals surface area (Å²) in [6.45, 7) is 3.91. The van der Waals surface area contributed by atoms with Gasteiger partial charge in [0.1, 0.15) is 17.7 Å². The van der Waals surface area contributed by atoms with Crippen LogP contribution in [0.2, 0.25) is 0 Å². The Morgan fingerprint density at radius 1 is 1.06 bits per heavy atom. The molecule has 0 spiro atoms. The number of hydrogen-bond donors (Lipinski definition) is 2. The first-order valence-corrected chi connectivity index (χ1v) is 11.0. The number of carbonyl (C=O) groups excluding carboxylic acids is 2. The summed E-state index contributed by atoms with van der Waals surface area (Å²) in [7, 11) is 0. The Bertz CT molecular complexity index is 1270. The van der Waals surface area contributed by atoms with Crippen molar-refractivity contribution in [3.8, 4) is 5.69 Å². The van der Waals surface area contributed by atoms with Crippen LogP contribution in [0.1, 0.15) is 21.5 Å². The number of benzene rings is 2. The summed E-state index contributed by atoms with van der Waals surface area (Å²) in [5.41, 5.74) is 4.16. The number of anilines is 1. The van der Waals surface area contributed by atoms with Gasteiger partial charge in [0.05, 0.1) is 17.8 Å². The molecule has 0 aliphatic rings. The van der Waals surface area contributed by atoms with E-state index in [-0.39, 0.29) is 18.4 Å². The Kier molecular flexibility index (Phi) is 6.80. The maximum atomic E-state index is 12.8. The molecular formula is C24H22N6O2S. The van der Waals surface area contributed by atoms with Crippen molar-refractivity contribution in [1.29, 1.82) is 0 Å². The zero-order valence-corrected chi connectivity index (χ0v) is 19.0. The Balaban J connectivity index is 1.36. The maximum Gasteiger partial charge on any atom is 0.254 e. The van der Waals surface area contributed by atoms with E-state index >= 15 is 0 Å². The molecule has 2 N–H and O–H groups in total. The number of pyridine rings is 1. The highest BCUT2D eigenvalue weighted by Crippen LogP contribution is 2.31. The average molecular weight is 459 g/mol. The predicted octanol–water partition coefficient (Wildman–Crippen LogP) is 3.80. The van der Waals surface area contributed by atoms with Crippen molar-refractivity contribution >= 4 is 29.3 Å². The van der Waals surface area contributed by atoms with Gasteiger partial charge in [-0.1, -0.05) is 29.5 Å². The molecule has 8 nitrogen and oxygen atoms in total. The molecule has 0 saturated carbocycles. The number of rotatable bonds is 7. The van der Waals surface area contributed by atoms with E-state index in [0.717, 1.165) is 16.1 Å². The highest BCUT2D eigenvalue weighted by Gasteiger charge is 2.15. The van der Waals surface area contributed by atoms with Crippen molar-refractivity contribution in [2.24, 2.45) is 0 Å². The standard InChI is InChI=1S/C24H22N6O2S/c1-16-5-10-21(17(2)12-16)33-24-20(4-3-11-26-24)23(32)27-13-22(31)29-18-6-8-19(9-7-18)30-15-25-14-28-30/h3-12,14-15H,13H2,1-2H3,(H,27,32)(H,29,31). The monoisotopic (exact) mass is 458 g/mol. The molecule has 0 saturated heterocycles. The first kappa shape index (κ1) is 22.2. The number of aromatic nitrogens is 4. The first-order valence-electron chi connectivity index (χ1n) is 10.2. The topological polar surface area (TPSA) is 102 Å². The minimum absolute atomic E-state index is 0.160. The molecule has 4 aromatic rings. The molecule has 166 valence electrons. The number of hydrogen-bond acceptors (Lipinski definition) is 6. The van der Waals surface area contributed by atoms with Gasteiger partial charge in [-0.15, -0.1) is 0 Å². The van der Waals surface area contributed by atoms with E-state index in [1.165, 1.54) is 23.7 Å². The molecule has 2 aromatic heterocycles. The summed E-state index contributed by atoms with van der Waals surface area (Å²) in [5, 5.41) is 10.1. The van der Waals surface area contributed by atoms with Crippen LogP contribution in [0.15, 0.2) is 83.4 Å². The third-order valence-corrected chi connectivity index (χ3v) is 5.99. The zero-order valence-electron chi connectivity index (χ0n) is 18.1. The molecule has 4 rings (SSSR count).